The summed E-state index contributed by atoms with van der Waals surface area (Å²) in [5.74, 6) is 0. The van der Waals surface area contributed by atoms with Crippen LogP contribution in [0.2, 0.25) is 5.02 Å². The summed E-state index contributed by atoms with van der Waals surface area (Å²) in [5, 5.41) is 13.1. The number of aromatic nitrogens is 4. The molecule has 136 valence electrons. The van der Waals surface area contributed by atoms with E-state index in [1.165, 1.54) is 5.56 Å². The zero-order chi connectivity index (χ0) is 18.5. The Labute approximate surface area is 163 Å². The molecule has 2 aromatic heterocycles. The van der Waals surface area contributed by atoms with Gasteiger partial charge in [0.1, 0.15) is 0 Å². The van der Waals surface area contributed by atoms with Gasteiger partial charge in [-0.3, -0.25) is 9.36 Å². The summed E-state index contributed by atoms with van der Waals surface area (Å²) in [6.07, 6.45) is 5.38. The van der Waals surface area contributed by atoms with Crippen molar-refractivity contribution in [2.24, 2.45) is 0 Å². The van der Waals surface area contributed by atoms with Gasteiger partial charge in [-0.1, -0.05) is 41.9 Å². The number of thiocarbonyl (C=S) groups is 1. The van der Waals surface area contributed by atoms with E-state index in [-0.39, 0.29) is 0 Å². The second kappa shape index (κ2) is 8.33. The molecule has 26 heavy (non-hydrogen) atoms. The lowest BCUT2D eigenvalue weighted by Gasteiger charge is -2.21. The summed E-state index contributed by atoms with van der Waals surface area (Å²) in [7, 11) is 1.92. The summed E-state index contributed by atoms with van der Waals surface area (Å²) < 4.78 is 3.75. The third kappa shape index (κ3) is 4.42. The lowest BCUT2D eigenvalue weighted by Crippen LogP contribution is -2.31. The number of hydrogen-bond acceptors (Lipinski definition) is 3. The molecule has 0 atom stereocenters. The van der Waals surface area contributed by atoms with Crippen molar-refractivity contribution in [1.82, 2.24) is 24.5 Å². The fourth-order valence-electron chi connectivity index (χ4n) is 2.62. The van der Waals surface area contributed by atoms with Gasteiger partial charge in [0.05, 0.1) is 41.9 Å². The molecule has 0 bridgehead atoms. The van der Waals surface area contributed by atoms with E-state index in [9.17, 15) is 0 Å². The molecule has 0 aliphatic carbocycles. The van der Waals surface area contributed by atoms with Gasteiger partial charge >= 0.3 is 0 Å². The van der Waals surface area contributed by atoms with Crippen LogP contribution in [0.1, 0.15) is 18.2 Å². The molecule has 0 saturated heterocycles. The van der Waals surface area contributed by atoms with E-state index in [0.29, 0.717) is 16.7 Å². The van der Waals surface area contributed by atoms with Crippen LogP contribution in [0.4, 0.5) is 5.69 Å². The largest absolute Gasteiger partial charge is 0.346 e. The Morgan fingerprint density at radius 2 is 2.00 bits per heavy atom. The van der Waals surface area contributed by atoms with Crippen LogP contribution >= 0.6 is 23.8 Å². The molecular weight excluding hydrogens is 368 g/mol. The van der Waals surface area contributed by atoms with E-state index in [2.05, 4.69) is 27.6 Å². The Morgan fingerprint density at radius 3 is 2.73 bits per heavy atom. The first-order chi connectivity index (χ1) is 12.6. The number of aryl methyl sites for hydroxylation is 1. The summed E-state index contributed by atoms with van der Waals surface area (Å²) in [5.41, 5.74) is 3.00. The molecule has 0 saturated carbocycles. The number of hydrogen-bond donors (Lipinski definition) is 1. The second-order valence-electron chi connectivity index (χ2n) is 5.95. The number of nitrogens with zero attached hydrogens (tertiary/aromatic N) is 5. The van der Waals surface area contributed by atoms with Crippen LogP contribution in [0.15, 0.2) is 48.9 Å². The van der Waals surface area contributed by atoms with Crippen molar-refractivity contribution < 1.29 is 0 Å². The molecule has 0 spiro atoms. The lowest BCUT2D eigenvalue weighted by molar-refractivity contribution is 0.471. The van der Waals surface area contributed by atoms with Crippen molar-refractivity contribution in [2.45, 2.75) is 26.6 Å². The molecule has 0 unspecified atom stereocenters. The highest BCUT2D eigenvalue weighted by Gasteiger charge is 2.13. The lowest BCUT2D eigenvalue weighted by atomic mass is 10.2. The highest BCUT2D eigenvalue weighted by molar-refractivity contribution is 7.80. The highest BCUT2D eigenvalue weighted by Crippen LogP contribution is 2.17. The van der Waals surface area contributed by atoms with Gasteiger partial charge in [0.2, 0.25) is 0 Å². The molecule has 3 rings (SSSR count). The summed E-state index contributed by atoms with van der Waals surface area (Å²) in [4.78, 5) is 1.93. The van der Waals surface area contributed by atoms with Gasteiger partial charge < -0.3 is 10.2 Å². The number of halogens is 1. The smallest absolute Gasteiger partial charge is 0.173 e. The van der Waals surface area contributed by atoms with E-state index in [0.717, 1.165) is 24.5 Å². The minimum absolute atomic E-state index is 0.580. The summed E-state index contributed by atoms with van der Waals surface area (Å²) in [6, 6.07) is 10.2. The van der Waals surface area contributed by atoms with E-state index < -0.39 is 0 Å². The molecule has 2 heterocycles. The van der Waals surface area contributed by atoms with Crippen LogP contribution in [0.3, 0.4) is 0 Å². The van der Waals surface area contributed by atoms with Crippen molar-refractivity contribution in [3.63, 3.8) is 0 Å². The van der Waals surface area contributed by atoms with Crippen molar-refractivity contribution in [2.75, 3.05) is 12.4 Å². The van der Waals surface area contributed by atoms with Gasteiger partial charge in [-0.15, -0.1) is 0 Å². The van der Waals surface area contributed by atoms with Crippen molar-refractivity contribution in [1.29, 1.82) is 0 Å². The third-order valence-corrected chi connectivity index (χ3v) is 4.73. The first-order valence-corrected chi connectivity index (χ1v) is 9.14. The number of benzene rings is 1. The second-order valence-corrected chi connectivity index (χ2v) is 6.75. The maximum Gasteiger partial charge on any atom is 0.173 e. The first-order valence-electron chi connectivity index (χ1n) is 8.35. The standard InChI is InChI=1S/C18H21ClN6S/c1-3-25-17(16(19)10-21-25)13-23(2)18(26)22-15-9-20-24(12-15)11-14-7-5-4-6-8-14/h4-10,12H,3,11,13H2,1-2H3,(H,22,26). The molecule has 0 fully saturated rings. The normalized spacial score (nSPS) is 10.7. The Bertz CT molecular complexity index is 873. The average Bonchev–Trinajstić information content (AvgIpc) is 3.22. The quantitative estimate of drug-likeness (QED) is 0.653. The molecule has 0 aliphatic heterocycles. The summed E-state index contributed by atoms with van der Waals surface area (Å²) in [6.45, 7) is 4.10. The Hall–Kier alpha value is -2.38. The molecule has 3 aromatic rings. The zero-order valence-electron chi connectivity index (χ0n) is 14.8. The molecule has 0 aliphatic rings. The van der Waals surface area contributed by atoms with E-state index in [4.69, 9.17) is 23.8 Å². The van der Waals surface area contributed by atoms with Crippen LogP contribution in [0.25, 0.3) is 0 Å². The molecule has 1 aromatic carbocycles. The minimum Gasteiger partial charge on any atom is -0.346 e. The molecule has 6 nitrogen and oxygen atoms in total. The topological polar surface area (TPSA) is 50.9 Å². The Balaban J connectivity index is 1.60. The van der Waals surface area contributed by atoms with Crippen LogP contribution < -0.4 is 5.32 Å². The Kier molecular flexibility index (Phi) is 5.90. The predicted molar refractivity (Wildman–Crippen MR) is 108 cm³/mol. The molecular formula is C18H21ClN6S. The van der Waals surface area contributed by atoms with Crippen molar-refractivity contribution in [3.05, 3.63) is 65.2 Å². The molecule has 8 heteroatoms. The average molecular weight is 389 g/mol. The highest BCUT2D eigenvalue weighted by atomic mass is 35.5. The van der Waals surface area contributed by atoms with Gasteiger partial charge in [0.15, 0.2) is 5.11 Å². The molecule has 0 radical (unpaired) electrons. The number of rotatable bonds is 6. The predicted octanol–water partition coefficient (Wildman–Crippen LogP) is 3.63. The first kappa shape index (κ1) is 18.4. The van der Waals surface area contributed by atoms with Gasteiger partial charge in [-0.05, 0) is 24.7 Å². The van der Waals surface area contributed by atoms with Crippen LogP contribution in [0.5, 0.6) is 0 Å². The minimum atomic E-state index is 0.580. The monoisotopic (exact) mass is 388 g/mol. The van der Waals surface area contributed by atoms with E-state index in [1.807, 2.05) is 52.6 Å². The van der Waals surface area contributed by atoms with E-state index in [1.54, 1.807) is 12.4 Å². The van der Waals surface area contributed by atoms with E-state index >= 15 is 0 Å². The van der Waals surface area contributed by atoms with Crippen LogP contribution in [-0.2, 0) is 19.6 Å². The summed E-state index contributed by atoms with van der Waals surface area (Å²) >= 11 is 11.7. The van der Waals surface area contributed by atoms with Crippen molar-refractivity contribution >= 4 is 34.6 Å². The van der Waals surface area contributed by atoms with Gasteiger partial charge in [0, 0.05) is 19.8 Å². The fraction of sp³-hybridized carbons (Fsp3) is 0.278. The fourth-order valence-corrected chi connectivity index (χ4v) is 3.00. The Morgan fingerprint density at radius 1 is 1.23 bits per heavy atom. The SMILES string of the molecule is CCn1ncc(Cl)c1CN(C)C(=S)Nc1cnn(Cc2ccccc2)c1. The maximum absolute atomic E-state index is 6.23. The number of anilines is 1. The molecule has 0 amide bonds. The van der Waals surface area contributed by atoms with Gasteiger partial charge in [-0.25, -0.2) is 0 Å². The van der Waals surface area contributed by atoms with Crippen molar-refractivity contribution in [3.8, 4) is 0 Å². The van der Waals surface area contributed by atoms with Crippen LogP contribution in [0, 0.1) is 0 Å². The zero-order valence-corrected chi connectivity index (χ0v) is 16.3. The number of nitrogens with one attached hydrogen (secondary N) is 1. The third-order valence-electron chi connectivity index (χ3n) is 4.00. The van der Waals surface area contributed by atoms with Crippen LogP contribution in [-0.4, -0.2) is 36.6 Å². The van der Waals surface area contributed by atoms with Gasteiger partial charge in [-0.2, -0.15) is 10.2 Å². The molecule has 1 N–H and O–H groups in total. The van der Waals surface area contributed by atoms with Gasteiger partial charge in [0.25, 0.3) is 0 Å². The maximum atomic E-state index is 6.23.